The summed E-state index contributed by atoms with van der Waals surface area (Å²) in [6.45, 7) is 0.409. The molecule has 18 heavy (non-hydrogen) atoms. The molecule has 1 aromatic rings. The number of rotatable bonds is 1. The van der Waals surface area contributed by atoms with Crippen LogP contribution in [0.5, 0.6) is 0 Å². The highest BCUT2D eigenvalue weighted by Crippen LogP contribution is 2.41. The first-order valence-electron chi connectivity index (χ1n) is 5.90. The zero-order valence-electron chi connectivity index (χ0n) is 10.0. The van der Waals surface area contributed by atoms with Crippen LogP contribution in [0.25, 0.3) is 0 Å². The molecule has 1 fully saturated rings. The number of alkyl halides is 3. The van der Waals surface area contributed by atoms with Crippen LogP contribution >= 0.6 is 0 Å². The van der Waals surface area contributed by atoms with Crippen LogP contribution in [0.4, 0.5) is 17.6 Å². The van der Waals surface area contributed by atoms with Crippen molar-refractivity contribution in [1.29, 1.82) is 0 Å². The normalized spacial score (nSPS) is 26.3. The Labute approximate surface area is 103 Å². The van der Waals surface area contributed by atoms with Gasteiger partial charge in [0.15, 0.2) is 0 Å². The van der Waals surface area contributed by atoms with Gasteiger partial charge in [0.2, 0.25) is 0 Å². The summed E-state index contributed by atoms with van der Waals surface area (Å²) in [6, 6.07) is 5.43. The van der Waals surface area contributed by atoms with E-state index < -0.39 is 12.1 Å². The van der Waals surface area contributed by atoms with Gasteiger partial charge in [-0.2, -0.15) is 13.2 Å². The molecule has 0 amide bonds. The molecule has 0 aromatic heterocycles. The molecule has 0 radical (unpaired) electrons. The van der Waals surface area contributed by atoms with Crippen LogP contribution in [0.3, 0.4) is 0 Å². The Bertz CT molecular complexity index is 398. The van der Waals surface area contributed by atoms with Gasteiger partial charge in [0.05, 0.1) is 5.92 Å². The number of piperidine rings is 1. The Morgan fingerprint density at radius 2 is 1.78 bits per heavy atom. The zero-order valence-corrected chi connectivity index (χ0v) is 10.0. The van der Waals surface area contributed by atoms with Gasteiger partial charge < -0.3 is 0 Å². The molecule has 2 atom stereocenters. The quantitative estimate of drug-likeness (QED) is 0.695. The largest absolute Gasteiger partial charge is 0.391 e. The van der Waals surface area contributed by atoms with Gasteiger partial charge in [0.1, 0.15) is 5.82 Å². The molecule has 1 heterocycles. The van der Waals surface area contributed by atoms with Crippen molar-refractivity contribution in [2.24, 2.45) is 5.92 Å². The molecule has 100 valence electrons. The first-order chi connectivity index (χ1) is 8.38. The van der Waals surface area contributed by atoms with E-state index in [1.807, 2.05) is 4.90 Å². The van der Waals surface area contributed by atoms with Gasteiger partial charge >= 0.3 is 6.18 Å². The second-order valence-corrected chi connectivity index (χ2v) is 4.81. The minimum Gasteiger partial charge on any atom is -0.299 e. The topological polar surface area (TPSA) is 3.24 Å². The van der Waals surface area contributed by atoms with Gasteiger partial charge in [-0.3, -0.25) is 4.90 Å². The van der Waals surface area contributed by atoms with Crippen molar-refractivity contribution in [3.8, 4) is 0 Å². The molecule has 1 saturated heterocycles. The third-order valence-corrected chi connectivity index (χ3v) is 3.59. The summed E-state index contributed by atoms with van der Waals surface area (Å²) >= 11 is 0. The van der Waals surface area contributed by atoms with E-state index in [0.717, 1.165) is 5.56 Å². The van der Waals surface area contributed by atoms with Crippen molar-refractivity contribution >= 4 is 0 Å². The van der Waals surface area contributed by atoms with E-state index in [2.05, 4.69) is 0 Å². The molecule has 1 nitrogen and oxygen atoms in total. The van der Waals surface area contributed by atoms with E-state index in [4.69, 9.17) is 0 Å². The fourth-order valence-electron chi connectivity index (χ4n) is 2.46. The van der Waals surface area contributed by atoms with Crippen LogP contribution in [-0.2, 0) is 0 Å². The summed E-state index contributed by atoms with van der Waals surface area (Å²) in [4.78, 5) is 1.90. The molecule has 0 spiro atoms. The highest BCUT2D eigenvalue weighted by molar-refractivity contribution is 5.20. The molecular formula is C13H15F4N. The van der Waals surface area contributed by atoms with Gasteiger partial charge in [0, 0.05) is 6.04 Å². The van der Waals surface area contributed by atoms with Crippen LogP contribution in [0.2, 0.25) is 0 Å². The number of benzene rings is 1. The van der Waals surface area contributed by atoms with Crippen LogP contribution < -0.4 is 0 Å². The minimum absolute atomic E-state index is 0.0473. The molecule has 0 saturated carbocycles. The Kier molecular flexibility index (Phi) is 3.61. The standard InChI is InChI=1S/C13H15F4N/c1-18-7-6-10(13(15,16)17)8-12(18)9-2-4-11(14)5-3-9/h2-5,10,12H,6-8H2,1H3. The Balaban J connectivity index is 2.17. The summed E-state index contributed by atoms with van der Waals surface area (Å²) in [5.74, 6) is -1.63. The lowest BCUT2D eigenvalue weighted by Gasteiger charge is -2.38. The van der Waals surface area contributed by atoms with Crippen LogP contribution in [0.1, 0.15) is 24.4 Å². The number of hydrogen-bond acceptors (Lipinski definition) is 1. The maximum Gasteiger partial charge on any atom is 0.391 e. The Morgan fingerprint density at radius 1 is 1.17 bits per heavy atom. The number of hydrogen-bond donors (Lipinski definition) is 0. The second kappa shape index (κ2) is 4.88. The number of likely N-dealkylation sites (tertiary alicyclic amines) is 1. The maximum atomic E-state index is 12.8. The predicted octanol–water partition coefficient (Wildman–Crippen LogP) is 3.77. The van der Waals surface area contributed by atoms with Crippen molar-refractivity contribution in [2.45, 2.75) is 25.1 Å². The van der Waals surface area contributed by atoms with Crippen LogP contribution in [-0.4, -0.2) is 24.7 Å². The Morgan fingerprint density at radius 3 is 2.33 bits per heavy atom. The molecule has 0 aliphatic carbocycles. The summed E-state index contributed by atoms with van der Waals surface area (Å²) in [5.41, 5.74) is 0.743. The summed E-state index contributed by atoms with van der Waals surface area (Å²) < 4.78 is 51.1. The molecule has 0 N–H and O–H groups in total. The maximum absolute atomic E-state index is 12.8. The van der Waals surface area contributed by atoms with Crippen molar-refractivity contribution in [2.75, 3.05) is 13.6 Å². The van der Waals surface area contributed by atoms with E-state index in [9.17, 15) is 17.6 Å². The lowest BCUT2D eigenvalue weighted by atomic mass is 9.87. The highest BCUT2D eigenvalue weighted by Gasteiger charge is 2.43. The van der Waals surface area contributed by atoms with E-state index in [1.165, 1.54) is 12.1 Å². The van der Waals surface area contributed by atoms with Crippen molar-refractivity contribution in [1.82, 2.24) is 4.90 Å². The minimum atomic E-state index is -4.14. The molecule has 0 bridgehead atoms. The highest BCUT2D eigenvalue weighted by atomic mass is 19.4. The fourth-order valence-corrected chi connectivity index (χ4v) is 2.46. The van der Waals surface area contributed by atoms with E-state index >= 15 is 0 Å². The lowest BCUT2D eigenvalue weighted by Crippen LogP contribution is -2.39. The monoisotopic (exact) mass is 261 g/mol. The predicted molar refractivity (Wildman–Crippen MR) is 60.6 cm³/mol. The first-order valence-corrected chi connectivity index (χ1v) is 5.90. The number of halogens is 4. The first kappa shape index (κ1) is 13.3. The molecule has 2 unspecified atom stereocenters. The zero-order chi connectivity index (χ0) is 13.3. The van der Waals surface area contributed by atoms with Gasteiger partial charge in [-0.1, -0.05) is 12.1 Å². The van der Waals surface area contributed by atoms with E-state index in [-0.39, 0.29) is 24.7 Å². The smallest absolute Gasteiger partial charge is 0.299 e. The van der Waals surface area contributed by atoms with Gasteiger partial charge in [-0.05, 0) is 44.1 Å². The van der Waals surface area contributed by atoms with E-state index in [0.29, 0.717) is 6.54 Å². The van der Waals surface area contributed by atoms with Crippen LogP contribution in [0.15, 0.2) is 24.3 Å². The average molecular weight is 261 g/mol. The summed E-state index contributed by atoms with van der Waals surface area (Å²) in [5, 5.41) is 0. The SMILES string of the molecule is CN1CCC(C(F)(F)F)CC1c1ccc(F)cc1. The van der Waals surface area contributed by atoms with Gasteiger partial charge in [0.25, 0.3) is 0 Å². The average Bonchev–Trinajstić information content (AvgIpc) is 2.29. The van der Waals surface area contributed by atoms with Crippen molar-refractivity contribution in [3.63, 3.8) is 0 Å². The second-order valence-electron chi connectivity index (χ2n) is 4.81. The molecule has 5 heteroatoms. The third-order valence-electron chi connectivity index (χ3n) is 3.59. The summed E-state index contributed by atoms with van der Waals surface area (Å²) in [7, 11) is 1.81. The molecule has 2 rings (SSSR count). The van der Waals surface area contributed by atoms with E-state index in [1.54, 1.807) is 19.2 Å². The molecular weight excluding hydrogens is 246 g/mol. The number of nitrogens with zero attached hydrogens (tertiary/aromatic N) is 1. The Hall–Kier alpha value is -1.10. The molecule has 1 aliphatic heterocycles. The van der Waals surface area contributed by atoms with Crippen molar-refractivity contribution in [3.05, 3.63) is 35.6 Å². The summed E-state index contributed by atoms with van der Waals surface area (Å²) in [6.07, 6.45) is -3.96. The fraction of sp³-hybridized carbons (Fsp3) is 0.538. The van der Waals surface area contributed by atoms with Crippen molar-refractivity contribution < 1.29 is 17.6 Å². The van der Waals surface area contributed by atoms with Crippen LogP contribution in [0, 0.1) is 11.7 Å². The van der Waals surface area contributed by atoms with Gasteiger partial charge in [-0.15, -0.1) is 0 Å². The lowest BCUT2D eigenvalue weighted by molar-refractivity contribution is -0.189. The molecule has 1 aromatic carbocycles. The van der Waals surface area contributed by atoms with Gasteiger partial charge in [-0.25, -0.2) is 4.39 Å². The third kappa shape index (κ3) is 2.83. The molecule has 1 aliphatic rings.